The Morgan fingerprint density at radius 1 is 1.17 bits per heavy atom. The number of aromatic nitrogens is 1. The summed E-state index contributed by atoms with van der Waals surface area (Å²) in [6.07, 6.45) is -0.106. The number of H-pyrrole nitrogens is 1. The number of esters is 1. The van der Waals surface area contributed by atoms with Crippen molar-refractivity contribution in [3.63, 3.8) is 0 Å². The van der Waals surface area contributed by atoms with Crippen LogP contribution >= 0.6 is 0 Å². The van der Waals surface area contributed by atoms with Gasteiger partial charge in [0.05, 0.1) is 5.69 Å². The number of benzene rings is 1. The Balaban J connectivity index is 2.08. The van der Waals surface area contributed by atoms with Crippen LogP contribution in [0.15, 0.2) is 35.3 Å². The van der Waals surface area contributed by atoms with E-state index in [-0.39, 0.29) is 5.56 Å². The number of nitrogens with one attached hydrogen (secondary N) is 2. The predicted molar refractivity (Wildman–Crippen MR) is 76.9 cm³/mol. The summed E-state index contributed by atoms with van der Waals surface area (Å²) in [5.41, 5.74) is -1.64. The molecule has 1 atom stereocenters. The number of halogens is 3. The number of carbonyl (C=O) groups excluding carboxylic acids is 2. The van der Waals surface area contributed by atoms with Crippen molar-refractivity contribution in [2.75, 3.05) is 5.32 Å². The van der Waals surface area contributed by atoms with Gasteiger partial charge in [0, 0.05) is 6.20 Å². The van der Waals surface area contributed by atoms with E-state index in [1.54, 1.807) is 0 Å². The molecule has 126 valence electrons. The maximum atomic E-state index is 13.5. The van der Waals surface area contributed by atoms with Crippen LogP contribution < -0.4 is 10.9 Å². The van der Waals surface area contributed by atoms with Crippen molar-refractivity contribution in [1.82, 2.24) is 4.98 Å². The van der Waals surface area contributed by atoms with Crippen molar-refractivity contribution in [3.8, 4) is 0 Å². The van der Waals surface area contributed by atoms with Crippen LogP contribution in [0.25, 0.3) is 0 Å². The van der Waals surface area contributed by atoms with Gasteiger partial charge < -0.3 is 15.0 Å². The zero-order valence-corrected chi connectivity index (χ0v) is 12.2. The first-order valence-corrected chi connectivity index (χ1v) is 6.64. The Bertz CT molecular complexity index is 851. The highest BCUT2D eigenvalue weighted by Gasteiger charge is 2.22. The molecule has 0 aliphatic carbocycles. The highest BCUT2D eigenvalue weighted by Crippen LogP contribution is 2.20. The van der Waals surface area contributed by atoms with E-state index in [2.05, 4.69) is 4.98 Å². The van der Waals surface area contributed by atoms with Crippen molar-refractivity contribution < 1.29 is 27.5 Å². The third-order valence-corrected chi connectivity index (χ3v) is 2.98. The molecule has 2 rings (SSSR count). The topological polar surface area (TPSA) is 88.3 Å². The van der Waals surface area contributed by atoms with Gasteiger partial charge in [-0.05, 0) is 31.2 Å². The van der Waals surface area contributed by atoms with E-state index in [0.717, 1.165) is 6.07 Å². The second-order valence-electron chi connectivity index (χ2n) is 4.67. The normalized spacial score (nSPS) is 11.7. The monoisotopic (exact) mass is 340 g/mol. The Morgan fingerprint density at radius 2 is 1.88 bits per heavy atom. The van der Waals surface area contributed by atoms with Crippen molar-refractivity contribution >= 4 is 17.6 Å². The van der Waals surface area contributed by atoms with Gasteiger partial charge in [-0.1, -0.05) is 0 Å². The Labute approximate surface area is 133 Å². The average molecular weight is 340 g/mol. The molecule has 2 aromatic rings. The van der Waals surface area contributed by atoms with E-state index in [4.69, 9.17) is 4.74 Å². The third kappa shape index (κ3) is 3.62. The number of amides is 1. The van der Waals surface area contributed by atoms with Crippen LogP contribution in [0.5, 0.6) is 0 Å². The highest BCUT2D eigenvalue weighted by molar-refractivity contribution is 5.97. The van der Waals surface area contributed by atoms with Gasteiger partial charge in [0.1, 0.15) is 5.56 Å². The van der Waals surface area contributed by atoms with Gasteiger partial charge in [-0.3, -0.25) is 9.59 Å². The molecule has 1 aromatic carbocycles. The summed E-state index contributed by atoms with van der Waals surface area (Å²) in [5, 5.41) is 1.97. The van der Waals surface area contributed by atoms with E-state index in [0.29, 0.717) is 6.07 Å². The maximum Gasteiger partial charge on any atom is 0.344 e. The molecular formula is C15H11F3N2O4. The minimum Gasteiger partial charge on any atom is -0.449 e. The quantitative estimate of drug-likeness (QED) is 0.658. The predicted octanol–water partition coefficient (Wildman–Crippen LogP) is 1.98. The summed E-state index contributed by atoms with van der Waals surface area (Å²) >= 11 is 0. The average Bonchev–Trinajstić information content (AvgIpc) is 2.55. The number of aromatic amines is 1. The van der Waals surface area contributed by atoms with Crippen molar-refractivity contribution in [2.45, 2.75) is 13.0 Å². The summed E-state index contributed by atoms with van der Waals surface area (Å²) in [6, 6.07) is 4.04. The zero-order valence-electron chi connectivity index (χ0n) is 12.2. The molecule has 24 heavy (non-hydrogen) atoms. The Hall–Kier alpha value is -3.10. The second kappa shape index (κ2) is 6.99. The molecule has 9 heteroatoms. The van der Waals surface area contributed by atoms with Crippen LogP contribution in [0.4, 0.5) is 18.9 Å². The fourth-order valence-electron chi connectivity index (χ4n) is 1.72. The zero-order chi connectivity index (χ0) is 17.9. The number of hydrogen-bond acceptors (Lipinski definition) is 4. The van der Waals surface area contributed by atoms with E-state index in [1.165, 1.54) is 25.3 Å². The summed E-state index contributed by atoms with van der Waals surface area (Å²) in [5.74, 6) is -6.78. The Kier molecular flexibility index (Phi) is 5.02. The second-order valence-corrected chi connectivity index (χ2v) is 4.67. The summed E-state index contributed by atoms with van der Waals surface area (Å²) in [6.45, 7) is 1.17. The standard InChI is InChI=1S/C15H11F3N2O4/c1-7(24-15(23)8-3-2-6-19-14(8)22)13(21)20-10-5-4-9(16)11(17)12(10)18/h2-7H,1H3,(H,19,22)(H,20,21)/t7-/m0/s1. The van der Waals surface area contributed by atoms with E-state index >= 15 is 0 Å². The van der Waals surface area contributed by atoms with Crippen LogP contribution in [-0.2, 0) is 9.53 Å². The van der Waals surface area contributed by atoms with Crippen molar-refractivity contribution in [2.24, 2.45) is 0 Å². The minimum absolute atomic E-state index is 0.323. The van der Waals surface area contributed by atoms with Crippen molar-refractivity contribution in [1.29, 1.82) is 0 Å². The molecular weight excluding hydrogens is 329 g/mol. The van der Waals surface area contributed by atoms with Crippen LogP contribution in [0.3, 0.4) is 0 Å². The number of ether oxygens (including phenoxy) is 1. The van der Waals surface area contributed by atoms with Gasteiger partial charge in [-0.2, -0.15) is 0 Å². The fraction of sp³-hybridized carbons (Fsp3) is 0.133. The van der Waals surface area contributed by atoms with Crippen LogP contribution in [0.1, 0.15) is 17.3 Å². The lowest BCUT2D eigenvalue weighted by Gasteiger charge is -2.14. The molecule has 1 heterocycles. The molecule has 0 radical (unpaired) electrons. The summed E-state index contributed by atoms with van der Waals surface area (Å²) < 4.78 is 44.2. The largest absolute Gasteiger partial charge is 0.449 e. The van der Waals surface area contributed by atoms with Gasteiger partial charge in [0.2, 0.25) is 0 Å². The van der Waals surface area contributed by atoms with E-state index < -0.39 is 46.7 Å². The number of anilines is 1. The molecule has 0 fully saturated rings. The third-order valence-electron chi connectivity index (χ3n) is 2.98. The number of rotatable bonds is 4. The first kappa shape index (κ1) is 17.3. The number of hydrogen-bond donors (Lipinski definition) is 2. The molecule has 0 bridgehead atoms. The highest BCUT2D eigenvalue weighted by atomic mass is 19.2. The minimum atomic E-state index is -1.74. The fourth-order valence-corrected chi connectivity index (χ4v) is 1.72. The van der Waals surface area contributed by atoms with Gasteiger partial charge >= 0.3 is 5.97 Å². The summed E-state index contributed by atoms with van der Waals surface area (Å²) in [7, 11) is 0. The van der Waals surface area contributed by atoms with Crippen molar-refractivity contribution in [3.05, 3.63) is 63.8 Å². The maximum absolute atomic E-state index is 13.5. The smallest absolute Gasteiger partial charge is 0.344 e. The van der Waals surface area contributed by atoms with E-state index in [9.17, 15) is 27.6 Å². The van der Waals surface area contributed by atoms with Crippen LogP contribution in [0.2, 0.25) is 0 Å². The van der Waals surface area contributed by atoms with Gasteiger partial charge in [0.25, 0.3) is 11.5 Å². The molecule has 2 N–H and O–H groups in total. The van der Waals surface area contributed by atoms with Gasteiger partial charge in [-0.25, -0.2) is 18.0 Å². The van der Waals surface area contributed by atoms with Gasteiger partial charge in [-0.15, -0.1) is 0 Å². The molecule has 0 unspecified atom stereocenters. The molecule has 0 spiro atoms. The van der Waals surface area contributed by atoms with Crippen LogP contribution in [0, 0.1) is 17.5 Å². The lowest BCUT2D eigenvalue weighted by molar-refractivity contribution is -0.123. The lowest BCUT2D eigenvalue weighted by atomic mass is 10.2. The molecule has 0 aliphatic heterocycles. The summed E-state index contributed by atoms with van der Waals surface area (Å²) in [4.78, 5) is 37.3. The lowest BCUT2D eigenvalue weighted by Crippen LogP contribution is -2.32. The first-order valence-electron chi connectivity index (χ1n) is 6.64. The SMILES string of the molecule is C[C@H](OC(=O)c1ccc[nH]c1=O)C(=O)Nc1ccc(F)c(F)c1F. The van der Waals surface area contributed by atoms with E-state index in [1.807, 2.05) is 5.32 Å². The number of pyridine rings is 1. The van der Waals surface area contributed by atoms with Gasteiger partial charge in [0.15, 0.2) is 23.6 Å². The first-order chi connectivity index (χ1) is 11.3. The van der Waals surface area contributed by atoms with Crippen LogP contribution in [-0.4, -0.2) is 23.0 Å². The Morgan fingerprint density at radius 3 is 2.54 bits per heavy atom. The number of carbonyl (C=O) groups is 2. The molecule has 6 nitrogen and oxygen atoms in total. The molecule has 1 amide bonds. The molecule has 0 saturated carbocycles. The molecule has 1 aromatic heterocycles. The molecule has 0 aliphatic rings. The molecule has 0 saturated heterocycles.